The van der Waals surface area contributed by atoms with Crippen LogP contribution >= 0.6 is 0 Å². The maximum absolute atomic E-state index is 11.9. The number of primary amides is 1. The number of nitrogens with two attached hydrogens (primary N) is 1. The van der Waals surface area contributed by atoms with Crippen molar-refractivity contribution in [2.45, 2.75) is 58.3 Å². The Kier molecular flexibility index (Phi) is 6.52. The normalized spacial score (nSPS) is 15.9. The zero-order valence-electron chi connectivity index (χ0n) is 10.5. The van der Waals surface area contributed by atoms with E-state index in [4.69, 9.17) is 5.73 Å². The monoisotopic (exact) mass is 254 g/mol. The molecule has 0 aromatic heterocycles. The summed E-state index contributed by atoms with van der Waals surface area (Å²) in [6.07, 6.45) is -4.47. The summed E-state index contributed by atoms with van der Waals surface area (Å²) in [7, 11) is 0. The van der Waals surface area contributed by atoms with Crippen molar-refractivity contribution in [2.24, 2.45) is 11.7 Å². The van der Waals surface area contributed by atoms with E-state index in [1.54, 1.807) is 6.92 Å². The van der Waals surface area contributed by atoms with Crippen molar-refractivity contribution in [3.05, 3.63) is 0 Å². The molecule has 0 saturated heterocycles. The minimum atomic E-state index is -4.11. The van der Waals surface area contributed by atoms with Gasteiger partial charge in [-0.15, -0.1) is 0 Å². The van der Waals surface area contributed by atoms with Crippen LogP contribution < -0.4 is 11.1 Å². The fraction of sp³-hybridized carbons (Fsp3) is 0.909. The second kappa shape index (κ2) is 6.83. The average molecular weight is 254 g/mol. The summed E-state index contributed by atoms with van der Waals surface area (Å²) in [6.45, 7) is 5.43. The number of hydrogen-bond acceptors (Lipinski definition) is 2. The van der Waals surface area contributed by atoms with Crippen LogP contribution in [0.15, 0.2) is 0 Å². The molecule has 0 heterocycles. The van der Waals surface area contributed by atoms with Gasteiger partial charge in [-0.3, -0.25) is 4.79 Å². The van der Waals surface area contributed by atoms with Gasteiger partial charge in [0.05, 0.1) is 6.04 Å². The first-order chi connectivity index (χ1) is 7.63. The van der Waals surface area contributed by atoms with Crippen molar-refractivity contribution >= 4 is 5.91 Å². The van der Waals surface area contributed by atoms with Gasteiger partial charge in [0.15, 0.2) is 0 Å². The van der Waals surface area contributed by atoms with Crippen LogP contribution in [0.1, 0.15) is 40.0 Å². The van der Waals surface area contributed by atoms with Crippen LogP contribution in [0.2, 0.25) is 0 Å². The Hall–Kier alpha value is -0.780. The molecule has 0 spiro atoms. The summed E-state index contributed by atoms with van der Waals surface area (Å²) in [5.41, 5.74) is 5.20. The first-order valence-corrected chi connectivity index (χ1v) is 5.75. The number of nitrogens with one attached hydrogen (secondary N) is 1. The molecule has 0 aliphatic carbocycles. The van der Waals surface area contributed by atoms with E-state index in [9.17, 15) is 18.0 Å². The van der Waals surface area contributed by atoms with E-state index in [1.807, 2.05) is 13.8 Å². The summed E-state index contributed by atoms with van der Waals surface area (Å²) in [5, 5.41) is 2.96. The zero-order valence-corrected chi connectivity index (χ0v) is 10.5. The van der Waals surface area contributed by atoms with Crippen molar-refractivity contribution in [3.63, 3.8) is 0 Å². The highest BCUT2D eigenvalue weighted by Crippen LogP contribution is 2.22. The summed E-state index contributed by atoms with van der Waals surface area (Å²) >= 11 is 0. The molecule has 0 saturated carbocycles. The fourth-order valence-corrected chi connectivity index (χ4v) is 1.60. The molecule has 0 aliphatic heterocycles. The van der Waals surface area contributed by atoms with Gasteiger partial charge in [0, 0.05) is 12.5 Å². The Bertz CT molecular complexity index is 241. The Balaban J connectivity index is 3.99. The number of alkyl halides is 3. The number of amides is 1. The third-order valence-corrected chi connectivity index (χ3v) is 2.53. The molecule has 0 aromatic carbocycles. The fourth-order valence-electron chi connectivity index (χ4n) is 1.60. The molecule has 0 radical (unpaired) electrons. The standard InChI is InChI=1S/C11H21F3N2O/c1-7(2)9(10(15)17)16-8(3)5-4-6-11(12,13)14/h7-9,16H,4-6H2,1-3H3,(H2,15,17). The van der Waals surface area contributed by atoms with Crippen molar-refractivity contribution in [3.8, 4) is 0 Å². The Morgan fingerprint density at radius 3 is 2.18 bits per heavy atom. The molecule has 3 N–H and O–H groups in total. The minimum absolute atomic E-state index is 0.0255. The number of rotatable bonds is 7. The lowest BCUT2D eigenvalue weighted by Gasteiger charge is -2.23. The van der Waals surface area contributed by atoms with Gasteiger partial charge in [-0.05, 0) is 25.7 Å². The lowest BCUT2D eigenvalue weighted by Crippen LogP contribution is -2.48. The molecule has 102 valence electrons. The van der Waals surface area contributed by atoms with E-state index in [1.165, 1.54) is 0 Å². The van der Waals surface area contributed by atoms with E-state index in [0.717, 1.165) is 0 Å². The molecule has 17 heavy (non-hydrogen) atoms. The predicted octanol–water partition coefficient (Wildman–Crippen LogP) is 2.21. The second-order valence-corrected chi connectivity index (χ2v) is 4.70. The Labute approximate surface area is 99.9 Å². The number of carbonyl (C=O) groups excluding carboxylic acids is 1. The van der Waals surface area contributed by atoms with Crippen LogP contribution in [0.3, 0.4) is 0 Å². The molecule has 0 aliphatic rings. The largest absolute Gasteiger partial charge is 0.389 e. The van der Waals surface area contributed by atoms with Gasteiger partial charge in [-0.1, -0.05) is 13.8 Å². The molecular formula is C11H21F3N2O. The average Bonchev–Trinajstić information content (AvgIpc) is 2.10. The first kappa shape index (κ1) is 16.2. The third-order valence-electron chi connectivity index (χ3n) is 2.53. The van der Waals surface area contributed by atoms with Gasteiger partial charge in [0.2, 0.25) is 5.91 Å². The van der Waals surface area contributed by atoms with E-state index in [-0.39, 0.29) is 18.4 Å². The zero-order chi connectivity index (χ0) is 13.6. The quantitative estimate of drug-likeness (QED) is 0.731. The summed E-state index contributed by atoms with van der Waals surface area (Å²) in [5.74, 6) is -0.444. The lowest BCUT2D eigenvalue weighted by atomic mass is 10.0. The van der Waals surface area contributed by atoms with Crippen LogP contribution in [0.5, 0.6) is 0 Å². The van der Waals surface area contributed by atoms with Crippen LogP contribution in [-0.4, -0.2) is 24.2 Å². The number of carbonyl (C=O) groups is 1. The summed E-state index contributed by atoms with van der Waals surface area (Å²) in [4.78, 5) is 11.1. The van der Waals surface area contributed by atoms with Gasteiger partial charge < -0.3 is 11.1 Å². The van der Waals surface area contributed by atoms with Gasteiger partial charge in [0.1, 0.15) is 0 Å². The molecule has 3 nitrogen and oxygen atoms in total. The summed E-state index contributed by atoms with van der Waals surface area (Å²) < 4.78 is 35.8. The van der Waals surface area contributed by atoms with Crippen molar-refractivity contribution in [1.82, 2.24) is 5.32 Å². The van der Waals surface area contributed by atoms with Crippen LogP contribution in [0, 0.1) is 5.92 Å². The van der Waals surface area contributed by atoms with Gasteiger partial charge >= 0.3 is 6.18 Å². The molecule has 0 bridgehead atoms. The number of halogens is 3. The lowest BCUT2D eigenvalue weighted by molar-refractivity contribution is -0.136. The molecular weight excluding hydrogens is 233 g/mol. The van der Waals surface area contributed by atoms with Crippen molar-refractivity contribution < 1.29 is 18.0 Å². The van der Waals surface area contributed by atoms with E-state index < -0.39 is 24.5 Å². The number of hydrogen-bond donors (Lipinski definition) is 2. The van der Waals surface area contributed by atoms with E-state index in [2.05, 4.69) is 5.32 Å². The maximum Gasteiger partial charge on any atom is 0.389 e. The first-order valence-electron chi connectivity index (χ1n) is 5.75. The molecule has 2 unspecified atom stereocenters. The van der Waals surface area contributed by atoms with E-state index >= 15 is 0 Å². The molecule has 6 heteroatoms. The van der Waals surface area contributed by atoms with Crippen LogP contribution in [0.25, 0.3) is 0 Å². The topological polar surface area (TPSA) is 55.1 Å². The molecule has 1 amide bonds. The third kappa shape index (κ3) is 8.01. The van der Waals surface area contributed by atoms with Crippen LogP contribution in [-0.2, 0) is 4.79 Å². The Morgan fingerprint density at radius 2 is 1.82 bits per heavy atom. The molecule has 0 rings (SSSR count). The Morgan fingerprint density at radius 1 is 1.29 bits per heavy atom. The maximum atomic E-state index is 11.9. The molecule has 0 aromatic rings. The van der Waals surface area contributed by atoms with Gasteiger partial charge in [-0.25, -0.2) is 0 Å². The van der Waals surface area contributed by atoms with Crippen molar-refractivity contribution in [1.29, 1.82) is 0 Å². The van der Waals surface area contributed by atoms with Crippen molar-refractivity contribution in [2.75, 3.05) is 0 Å². The van der Waals surface area contributed by atoms with E-state index in [0.29, 0.717) is 6.42 Å². The minimum Gasteiger partial charge on any atom is -0.368 e. The predicted molar refractivity (Wildman–Crippen MR) is 60.3 cm³/mol. The highest BCUT2D eigenvalue weighted by Gasteiger charge is 2.27. The van der Waals surface area contributed by atoms with Gasteiger partial charge in [0.25, 0.3) is 0 Å². The highest BCUT2D eigenvalue weighted by molar-refractivity contribution is 5.80. The van der Waals surface area contributed by atoms with Gasteiger partial charge in [-0.2, -0.15) is 13.2 Å². The SMILES string of the molecule is CC(CCCC(F)(F)F)NC(C(N)=O)C(C)C. The molecule has 2 atom stereocenters. The second-order valence-electron chi connectivity index (χ2n) is 4.70. The smallest absolute Gasteiger partial charge is 0.368 e. The van der Waals surface area contributed by atoms with Crippen LogP contribution in [0.4, 0.5) is 13.2 Å². The molecule has 0 fully saturated rings. The highest BCUT2D eigenvalue weighted by atomic mass is 19.4. The summed E-state index contributed by atoms with van der Waals surface area (Å²) in [6, 6.07) is -0.645.